The lowest BCUT2D eigenvalue weighted by molar-refractivity contribution is 0.00526. The minimum Gasteiger partial charge on any atom is -0.396 e. The molecule has 4 nitrogen and oxygen atoms in total. The van der Waals surface area contributed by atoms with E-state index in [0.717, 1.165) is 12.8 Å². The van der Waals surface area contributed by atoms with Gasteiger partial charge in [0.05, 0.1) is 13.2 Å². The van der Waals surface area contributed by atoms with Gasteiger partial charge < -0.3 is 20.1 Å². The summed E-state index contributed by atoms with van der Waals surface area (Å²) in [4.78, 5) is 0. The molecule has 1 atom stereocenters. The molecule has 1 unspecified atom stereocenters. The minimum absolute atomic E-state index is 0.217. The molecule has 3 N–H and O–H groups in total. The van der Waals surface area contributed by atoms with Gasteiger partial charge >= 0.3 is 0 Å². The zero-order valence-corrected chi connectivity index (χ0v) is 16.5. The summed E-state index contributed by atoms with van der Waals surface area (Å²) < 4.78 is 5.29. The van der Waals surface area contributed by atoms with Gasteiger partial charge in [0.25, 0.3) is 0 Å². The Hall–Kier alpha value is -0.160. The summed E-state index contributed by atoms with van der Waals surface area (Å²) in [7, 11) is 0. The van der Waals surface area contributed by atoms with Gasteiger partial charge in [-0.2, -0.15) is 0 Å². The van der Waals surface area contributed by atoms with Crippen molar-refractivity contribution in [2.45, 2.75) is 109 Å². The van der Waals surface area contributed by atoms with Crippen LogP contribution in [0.15, 0.2) is 0 Å². The number of ether oxygens (including phenoxy) is 1. The van der Waals surface area contributed by atoms with Crippen molar-refractivity contribution in [1.82, 2.24) is 0 Å². The molecule has 25 heavy (non-hydrogen) atoms. The molecule has 0 rings (SSSR count). The first kappa shape index (κ1) is 24.8. The van der Waals surface area contributed by atoms with Gasteiger partial charge in [0.2, 0.25) is 0 Å². The quantitative estimate of drug-likeness (QED) is 0.262. The highest BCUT2D eigenvalue weighted by atomic mass is 16.5. The summed E-state index contributed by atoms with van der Waals surface area (Å²) in [5, 5.41) is 26.5. The summed E-state index contributed by atoms with van der Waals surface area (Å²) in [6.45, 7) is 1.08. The van der Waals surface area contributed by atoms with Crippen LogP contribution in [0.3, 0.4) is 0 Å². The van der Waals surface area contributed by atoms with E-state index in [4.69, 9.17) is 20.1 Å². The van der Waals surface area contributed by atoms with Gasteiger partial charge in [-0.15, -0.1) is 0 Å². The lowest BCUT2D eigenvalue weighted by atomic mass is 10.0. The maximum atomic E-state index is 9.12. The Morgan fingerprint density at radius 3 is 1.24 bits per heavy atom. The van der Waals surface area contributed by atoms with Crippen molar-refractivity contribution >= 4 is 0 Å². The zero-order valence-electron chi connectivity index (χ0n) is 16.5. The molecule has 0 aromatic rings. The average molecular weight is 361 g/mol. The Balaban J connectivity index is 2.98. The molecule has 0 amide bonds. The predicted molar refractivity (Wildman–Crippen MR) is 105 cm³/mol. The first-order valence-electron chi connectivity index (χ1n) is 10.8. The summed E-state index contributed by atoms with van der Waals surface area (Å²) in [6.07, 6.45) is 20.0. The van der Waals surface area contributed by atoms with Gasteiger partial charge in [-0.05, 0) is 12.8 Å². The SMILES string of the molecule is OCCCCCCCCCCCCCCCCCCOCC(O)CO. The van der Waals surface area contributed by atoms with E-state index < -0.39 is 6.10 Å². The molecule has 0 fully saturated rings. The standard InChI is InChI=1S/C21H44O4/c22-17-15-13-11-9-7-5-3-1-2-4-6-8-10-12-14-16-18-25-20-21(24)19-23/h21-24H,1-20H2. The third kappa shape index (κ3) is 21.8. The highest BCUT2D eigenvalue weighted by Gasteiger charge is 2.00. The maximum absolute atomic E-state index is 9.12. The van der Waals surface area contributed by atoms with E-state index in [2.05, 4.69) is 0 Å². The lowest BCUT2D eigenvalue weighted by Crippen LogP contribution is -2.19. The van der Waals surface area contributed by atoms with Crippen LogP contribution in [-0.2, 0) is 4.74 Å². The molecule has 0 bridgehead atoms. The molecular formula is C21H44O4. The second kappa shape index (κ2) is 21.9. The molecule has 0 aliphatic rings. The topological polar surface area (TPSA) is 69.9 Å². The van der Waals surface area contributed by atoms with Crippen LogP contribution in [0.4, 0.5) is 0 Å². The number of hydrogen-bond donors (Lipinski definition) is 3. The van der Waals surface area contributed by atoms with Crippen LogP contribution in [-0.4, -0.2) is 47.9 Å². The third-order valence-electron chi connectivity index (χ3n) is 4.72. The van der Waals surface area contributed by atoms with Crippen LogP contribution >= 0.6 is 0 Å². The highest BCUT2D eigenvalue weighted by Crippen LogP contribution is 2.13. The van der Waals surface area contributed by atoms with Gasteiger partial charge in [-0.1, -0.05) is 89.9 Å². The number of rotatable bonds is 21. The van der Waals surface area contributed by atoms with Crippen LogP contribution in [0, 0.1) is 0 Å². The molecule has 0 heterocycles. The van der Waals surface area contributed by atoms with Crippen molar-refractivity contribution in [3.63, 3.8) is 0 Å². The van der Waals surface area contributed by atoms with Crippen molar-refractivity contribution in [1.29, 1.82) is 0 Å². The lowest BCUT2D eigenvalue weighted by Gasteiger charge is -2.08. The molecular weight excluding hydrogens is 316 g/mol. The normalized spacial score (nSPS) is 12.6. The molecule has 0 radical (unpaired) electrons. The fourth-order valence-corrected chi connectivity index (χ4v) is 3.06. The molecule has 152 valence electrons. The van der Waals surface area contributed by atoms with E-state index in [1.54, 1.807) is 0 Å². The Bertz CT molecular complexity index is 236. The van der Waals surface area contributed by atoms with Crippen molar-refractivity contribution in [3.8, 4) is 0 Å². The Kier molecular flexibility index (Phi) is 21.7. The van der Waals surface area contributed by atoms with Crippen LogP contribution in [0.1, 0.15) is 103 Å². The minimum atomic E-state index is -0.725. The fraction of sp³-hybridized carbons (Fsp3) is 1.00. The van der Waals surface area contributed by atoms with Gasteiger partial charge in [0, 0.05) is 13.2 Å². The number of aliphatic hydroxyl groups is 3. The van der Waals surface area contributed by atoms with Crippen LogP contribution in [0.25, 0.3) is 0 Å². The first-order chi connectivity index (χ1) is 12.3. The van der Waals surface area contributed by atoms with Crippen molar-refractivity contribution < 1.29 is 20.1 Å². The zero-order chi connectivity index (χ0) is 18.4. The van der Waals surface area contributed by atoms with Crippen LogP contribution in [0.5, 0.6) is 0 Å². The molecule has 0 saturated carbocycles. The number of unbranched alkanes of at least 4 members (excludes halogenated alkanes) is 15. The van der Waals surface area contributed by atoms with Crippen molar-refractivity contribution in [2.75, 3.05) is 26.4 Å². The van der Waals surface area contributed by atoms with E-state index in [-0.39, 0.29) is 13.2 Å². The number of aliphatic hydroxyl groups excluding tert-OH is 3. The van der Waals surface area contributed by atoms with Gasteiger partial charge in [-0.25, -0.2) is 0 Å². The molecule has 0 aromatic heterocycles. The molecule has 0 saturated heterocycles. The van der Waals surface area contributed by atoms with E-state index in [9.17, 15) is 0 Å². The van der Waals surface area contributed by atoms with E-state index in [1.807, 2.05) is 0 Å². The third-order valence-corrected chi connectivity index (χ3v) is 4.72. The molecule has 0 aromatic carbocycles. The van der Waals surface area contributed by atoms with Crippen molar-refractivity contribution in [3.05, 3.63) is 0 Å². The molecule has 0 spiro atoms. The Morgan fingerprint density at radius 1 is 0.520 bits per heavy atom. The van der Waals surface area contributed by atoms with E-state index in [0.29, 0.717) is 13.2 Å². The largest absolute Gasteiger partial charge is 0.396 e. The second-order valence-electron chi connectivity index (χ2n) is 7.29. The predicted octanol–water partition coefficient (Wildman–Crippen LogP) is 4.59. The summed E-state index contributed by atoms with van der Waals surface area (Å²) in [5.74, 6) is 0. The summed E-state index contributed by atoms with van der Waals surface area (Å²) in [5.41, 5.74) is 0. The average Bonchev–Trinajstić information content (AvgIpc) is 2.63. The summed E-state index contributed by atoms with van der Waals surface area (Å²) in [6, 6.07) is 0. The fourth-order valence-electron chi connectivity index (χ4n) is 3.06. The molecule has 0 aliphatic heterocycles. The maximum Gasteiger partial charge on any atom is 0.100 e. The van der Waals surface area contributed by atoms with Crippen LogP contribution < -0.4 is 0 Å². The van der Waals surface area contributed by atoms with E-state index >= 15 is 0 Å². The number of hydrogen-bond acceptors (Lipinski definition) is 4. The van der Waals surface area contributed by atoms with Crippen LogP contribution in [0.2, 0.25) is 0 Å². The highest BCUT2D eigenvalue weighted by molar-refractivity contribution is 4.51. The first-order valence-corrected chi connectivity index (χ1v) is 10.8. The molecule has 0 aliphatic carbocycles. The van der Waals surface area contributed by atoms with Gasteiger partial charge in [-0.3, -0.25) is 0 Å². The summed E-state index contributed by atoms with van der Waals surface area (Å²) >= 11 is 0. The Morgan fingerprint density at radius 2 is 0.880 bits per heavy atom. The Labute approximate surface area is 156 Å². The van der Waals surface area contributed by atoms with Gasteiger partial charge in [0.1, 0.15) is 6.10 Å². The van der Waals surface area contributed by atoms with Crippen molar-refractivity contribution in [2.24, 2.45) is 0 Å². The smallest absolute Gasteiger partial charge is 0.100 e. The van der Waals surface area contributed by atoms with Gasteiger partial charge in [0.15, 0.2) is 0 Å². The monoisotopic (exact) mass is 360 g/mol. The second-order valence-corrected chi connectivity index (χ2v) is 7.29. The van der Waals surface area contributed by atoms with E-state index in [1.165, 1.54) is 89.9 Å². The molecule has 4 heteroatoms.